The van der Waals surface area contributed by atoms with Gasteiger partial charge in [0.25, 0.3) is 46.9 Å². The van der Waals surface area contributed by atoms with E-state index in [0.29, 0.717) is 77.0 Å². The van der Waals surface area contributed by atoms with Crippen molar-refractivity contribution in [3.8, 4) is 47.4 Å². The van der Waals surface area contributed by atoms with Gasteiger partial charge in [-0.2, -0.15) is 23.5 Å². The van der Waals surface area contributed by atoms with E-state index in [-0.39, 0.29) is 26.4 Å². The van der Waals surface area contributed by atoms with Crippen molar-refractivity contribution in [1.82, 2.24) is 0 Å². The van der Waals surface area contributed by atoms with E-state index in [9.17, 15) is 56.8 Å². The van der Waals surface area contributed by atoms with E-state index >= 15 is 0 Å². The molecule has 0 aliphatic carbocycles. The highest BCUT2D eigenvalue weighted by Gasteiger charge is 2.20. The first-order chi connectivity index (χ1) is 60.7. The third kappa shape index (κ3) is 40.4. The lowest BCUT2D eigenvalue weighted by Crippen LogP contribution is -2.17. The van der Waals surface area contributed by atoms with Gasteiger partial charge in [0.2, 0.25) is 0 Å². The van der Waals surface area contributed by atoms with Crippen LogP contribution in [0.3, 0.4) is 0 Å². The van der Waals surface area contributed by atoms with Crippen LogP contribution < -0.4 is 49.0 Å². The molecule has 0 aliphatic heterocycles. The third-order valence-electron chi connectivity index (χ3n) is 19.2. The van der Waals surface area contributed by atoms with Gasteiger partial charge in [-0.15, -0.1) is 0 Å². The lowest BCUT2D eigenvalue weighted by molar-refractivity contribution is -0.235. The van der Waals surface area contributed by atoms with Crippen LogP contribution in [0.4, 0.5) is 22.7 Å². The Balaban J connectivity index is 0.587. The molecular formula is C91H112N4O24P6S2-6. The summed E-state index contributed by atoms with van der Waals surface area (Å²) in [5.74, 6) is 28.9. The first kappa shape index (κ1) is 105. The standard InChI is InChI=1S/C91H118N4O24P6S2/c1-92(2)82-47-35-74(36-48-82)33-45-80-71-78(88(90-31-19-17-29-86(80)90)55-43-76-39-51-84(52-40-76)94(5)6)27-15-13-23-59-110-122(100,101)114-63-67-118-124(104,105)116-65-61-112-120(96,97)108-57-21-9-11-25-69-126-73-127-70-26-12-10-22-58-109-121(98,99)113-62-66-117-125(106,107)119-68-64-115-123(102,103)111-60-24-14-16-28-79-72-81(46-34-75-37-49-83(50-38-75)93(3)4)87-30-18-20-32-91(87)89(79)56-44-77-41-53-85(54-42-77)95(7)8/h17-20,29-32,35-42,47-54,71-72H,9-16,21-28,57-70,73H2,1-8H3,(H,96,97)(H,98,99)(H,100,101)(H,102,103)(H,104,105)(H,106,107)/p-6. The maximum atomic E-state index is 12.5. The van der Waals surface area contributed by atoms with Crippen molar-refractivity contribution in [2.45, 2.75) is 103 Å². The molecule has 0 aromatic heterocycles. The SMILES string of the molecule is CN(C)c1ccc(C#Cc2cc(CCCCCOP(=O)([O-])OCCOP(=O)([O-])OCCOP(=O)([O-])OCCCCCCSCSCCCCCCOP(=O)([O-])OCCOP(=O)([O-])OCCOP(=O)([O-])OCCCCCc3cc(C#Cc4ccc(N(C)C)cc4)c4ccccc4c3C#Cc3ccc(N(C)C)cc3)c(C#Cc3ccc(N(C)C)cc3)c3ccccc23)cc1. The average molecular weight is 1900 g/mol. The molecule has 0 amide bonds. The summed E-state index contributed by atoms with van der Waals surface area (Å²) in [4.78, 5) is 82.3. The van der Waals surface area contributed by atoms with E-state index in [4.69, 9.17) is 36.2 Å². The highest BCUT2D eigenvalue weighted by atomic mass is 32.2. The second kappa shape index (κ2) is 54.8. The Morgan fingerprint density at radius 2 is 0.480 bits per heavy atom. The van der Waals surface area contributed by atoms with Gasteiger partial charge in [-0.1, -0.05) is 134 Å². The molecule has 0 radical (unpaired) electrons. The third-order valence-corrected chi connectivity index (χ3v) is 27.6. The summed E-state index contributed by atoms with van der Waals surface area (Å²) in [6, 6.07) is 52.3. The molecule has 8 rings (SSSR count). The second-order valence-electron chi connectivity index (χ2n) is 29.8. The Bertz CT molecular complexity index is 5030. The number of nitrogens with zero attached hydrogens (tertiary/aromatic N) is 4. The Labute approximate surface area is 756 Å². The highest BCUT2D eigenvalue weighted by molar-refractivity contribution is 8.15. The summed E-state index contributed by atoms with van der Waals surface area (Å²) in [5, 5.41) is 4.75. The van der Waals surface area contributed by atoms with Crippen LogP contribution in [0.1, 0.15) is 146 Å². The summed E-state index contributed by atoms with van der Waals surface area (Å²) in [6.07, 6.45) is 10.2. The summed E-state index contributed by atoms with van der Waals surface area (Å²) in [7, 11) is -13.5. The minimum atomic E-state index is -5.02. The van der Waals surface area contributed by atoms with E-state index in [1.807, 2.05) is 222 Å². The van der Waals surface area contributed by atoms with Crippen molar-refractivity contribution in [1.29, 1.82) is 0 Å². The zero-order valence-electron chi connectivity index (χ0n) is 73.0. The molecule has 0 saturated heterocycles. The molecule has 6 unspecified atom stereocenters. The number of hydrogen-bond acceptors (Lipinski definition) is 30. The summed E-state index contributed by atoms with van der Waals surface area (Å²) in [6.45, 7) is -6.41. The van der Waals surface area contributed by atoms with Gasteiger partial charge in [0.15, 0.2) is 0 Å². The molecule has 0 bridgehead atoms. The fourth-order valence-corrected chi connectivity index (χ4v) is 19.0. The fourth-order valence-electron chi connectivity index (χ4n) is 12.5. The Hall–Kier alpha value is -6.92. The number of phosphoric acid groups is 6. The molecule has 0 fully saturated rings. The number of hydrogen-bond donors (Lipinski definition) is 0. The normalized spacial score (nSPS) is 14.2. The van der Waals surface area contributed by atoms with Crippen molar-refractivity contribution in [2.75, 3.05) is 172 Å². The molecule has 6 atom stereocenters. The van der Waals surface area contributed by atoms with Crippen molar-refractivity contribution in [3.63, 3.8) is 0 Å². The molecule has 0 N–H and O–H groups in total. The lowest BCUT2D eigenvalue weighted by atomic mass is 9.92. The van der Waals surface area contributed by atoms with Crippen molar-refractivity contribution in [3.05, 3.63) is 213 Å². The van der Waals surface area contributed by atoms with E-state index in [2.05, 4.69) is 77.6 Å². The first-order valence-corrected chi connectivity index (χ1v) is 52.8. The van der Waals surface area contributed by atoms with E-state index in [1.165, 1.54) is 0 Å². The van der Waals surface area contributed by atoms with E-state index in [1.54, 1.807) is 23.5 Å². The Kier molecular flexibility index (Phi) is 45.5. The topological polar surface area (TPSA) is 365 Å². The summed E-state index contributed by atoms with van der Waals surface area (Å²) >= 11 is 3.54. The monoisotopic (exact) mass is 1890 g/mol. The lowest BCUT2D eigenvalue weighted by Gasteiger charge is -2.26. The molecule has 0 heterocycles. The van der Waals surface area contributed by atoms with Crippen LogP contribution in [0.5, 0.6) is 0 Å². The molecule has 36 heteroatoms. The molecular weight excluding hydrogens is 1780 g/mol. The van der Waals surface area contributed by atoms with Gasteiger partial charge < -0.3 is 103 Å². The first-order valence-electron chi connectivity index (χ1n) is 41.8. The number of unbranched alkanes of at least 4 members (excludes halogenated alkanes) is 10. The van der Waals surface area contributed by atoms with Crippen molar-refractivity contribution >= 4 is 115 Å². The predicted molar refractivity (Wildman–Crippen MR) is 494 cm³/mol. The average Bonchev–Trinajstić information content (AvgIpc) is 0.784. The zero-order chi connectivity index (χ0) is 91.6. The molecule has 8 aromatic carbocycles. The second-order valence-corrected chi connectivity index (χ2v) is 40.9. The van der Waals surface area contributed by atoms with E-state index in [0.717, 1.165) is 142 Å². The van der Waals surface area contributed by atoms with Crippen molar-refractivity contribution in [2.24, 2.45) is 0 Å². The van der Waals surface area contributed by atoms with Crippen LogP contribution in [0.15, 0.2) is 158 Å². The van der Waals surface area contributed by atoms with Gasteiger partial charge in [0, 0.05) is 129 Å². The predicted octanol–water partition coefficient (Wildman–Crippen LogP) is 15.5. The maximum Gasteiger partial charge on any atom is 0.268 e. The highest BCUT2D eigenvalue weighted by Crippen LogP contribution is 2.45. The molecule has 0 saturated carbocycles. The molecule has 127 heavy (non-hydrogen) atoms. The van der Waals surface area contributed by atoms with Gasteiger partial charge in [0.1, 0.15) is 0 Å². The van der Waals surface area contributed by atoms with Gasteiger partial charge >= 0.3 is 0 Å². The van der Waals surface area contributed by atoms with Crippen LogP contribution in [-0.2, 0) is 94.5 Å². The Morgan fingerprint density at radius 1 is 0.260 bits per heavy atom. The molecule has 688 valence electrons. The van der Waals surface area contributed by atoms with Gasteiger partial charge in [0.05, 0.1) is 79.3 Å². The number of thioether (sulfide) groups is 2. The van der Waals surface area contributed by atoms with Crippen molar-refractivity contribution < 1.29 is 111 Å². The largest absolute Gasteiger partial charge is 0.756 e. The van der Waals surface area contributed by atoms with Crippen LogP contribution in [0, 0.1) is 47.4 Å². The number of phosphoric ester groups is 6. The van der Waals surface area contributed by atoms with E-state index < -0.39 is 99.8 Å². The Morgan fingerprint density at radius 3 is 0.732 bits per heavy atom. The number of rotatable bonds is 56. The number of aryl methyl sites for hydroxylation is 2. The van der Waals surface area contributed by atoms with Gasteiger partial charge in [-0.3, -0.25) is 27.4 Å². The van der Waals surface area contributed by atoms with Crippen LogP contribution in [0.2, 0.25) is 0 Å². The zero-order valence-corrected chi connectivity index (χ0v) is 80.0. The quantitative estimate of drug-likeness (QED) is 0.0148. The number of anilines is 4. The van der Waals surface area contributed by atoms with Gasteiger partial charge in [-0.05, 0) is 218 Å². The molecule has 0 spiro atoms. The van der Waals surface area contributed by atoms with Crippen LogP contribution in [0.25, 0.3) is 21.5 Å². The molecule has 28 nitrogen and oxygen atoms in total. The van der Waals surface area contributed by atoms with Crippen LogP contribution in [-0.4, -0.2) is 152 Å². The molecule has 8 aromatic rings. The minimum Gasteiger partial charge on any atom is -0.756 e. The summed E-state index contributed by atoms with van der Waals surface area (Å²) < 4.78 is 132. The van der Waals surface area contributed by atoms with Crippen LogP contribution >= 0.6 is 70.5 Å². The smallest absolute Gasteiger partial charge is 0.268 e. The number of benzene rings is 8. The van der Waals surface area contributed by atoms with Gasteiger partial charge in [-0.25, -0.2) is 0 Å². The summed E-state index contributed by atoms with van der Waals surface area (Å²) in [5.41, 5.74) is 13.2. The number of fused-ring (bicyclic) bond motifs is 2. The minimum absolute atomic E-state index is 0.139. The molecule has 0 aliphatic rings. The maximum absolute atomic E-state index is 12.5. The fraction of sp³-hybridized carbons (Fsp3) is 0.429.